The van der Waals surface area contributed by atoms with E-state index in [1.165, 1.54) is 12.1 Å². The number of benzene rings is 3. The Labute approximate surface area is 185 Å². The summed E-state index contributed by atoms with van der Waals surface area (Å²) in [5.41, 5.74) is 3.24. The highest BCUT2D eigenvalue weighted by molar-refractivity contribution is 6.02. The molecular formula is C26H22FN3O2. The number of rotatable bonds is 5. The van der Waals surface area contributed by atoms with Gasteiger partial charge in [-0.25, -0.2) is 4.39 Å². The molecule has 0 unspecified atom stereocenters. The van der Waals surface area contributed by atoms with Crippen molar-refractivity contribution in [3.8, 4) is 0 Å². The van der Waals surface area contributed by atoms with Crippen molar-refractivity contribution in [2.24, 2.45) is 0 Å². The molecule has 1 aliphatic rings. The van der Waals surface area contributed by atoms with Gasteiger partial charge in [0.1, 0.15) is 17.6 Å². The molecule has 6 heteroatoms. The number of aromatic nitrogens is 1. The summed E-state index contributed by atoms with van der Waals surface area (Å²) in [5, 5.41) is 3.94. The molecule has 0 saturated heterocycles. The van der Waals surface area contributed by atoms with Crippen LogP contribution in [-0.2, 0) is 24.4 Å². The van der Waals surface area contributed by atoms with Crippen LogP contribution in [0.5, 0.6) is 0 Å². The lowest BCUT2D eigenvalue weighted by atomic mass is 10.1. The molecule has 1 aromatic heterocycles. The number of nitrogens with one attached hydrogen (secondary N) is 1. The number of carbonyl (C=O) groups excluding carboxylic acids is 2. The van der Waals surface area contributed by atoms with Crippen molar-refractivity contribution in [1.29, 1.82) is 0 Å². The second-order valence-electron chi connectivity index (χ2n) is 7.98. The molecule has 3 aromatic carbocycles. The Kier molecular flexibility index (Phi) is 5.19. The van der Waals surface area contributed by atoms with Crippen molar-refractivity contribution in [2.45, 2.75) is 25.7 Å². The zero-order chi connectivity index (χ0) is 22.1. The van der Waals surface area contributed by atoms with E-state index in [-0.39, 0.29) is 24.2 Å². The molecule has 0 saturated carbocycles. The summed E-state index contributed by atoms with van der Waals surface area (Å²) in [6.45, 7) is 0.967. The second kappa shape index (κ2) is 8.30. The normalized spacial score (nSPS) is 15.6. The number of amides is 2. The Balaban J connectivity index is 1.48. The maximum absolute atomic E-state index is 13.5. The lowest BCUT2D eigenvalue weighted by molar-refractivity contribution is -0.126. The number of nitrogens with zero attached hydrogens (tertiary/aromatic N) is 2. The van der Waals surface area contributed by atoms with Crippen LogP contribution in [0, 0.1) is 5.82 Å². The number of halogens is 1. The highest BCUT2D eigenvalue weighted by atomic mass is 19.1. The number of hydrogen-bond acceptors (Lipinski definition) is 2. The topological polar surface area (TPSA) is 54.3 Å². The van der Waals surface area contributed by atoms with Crippen LogP contribution in [0.1, 0.15) is 21.6 Å². The van der Waals surface area contributed by atoms with E-state index in [1.54, 1.807) is 17.0 Å². The number of carbonyl (C=O) groups is 2. The van der Waals surface area contributed by atoms with Crippen LogP contribution in [0.2, 0.25) is 0 Å². The molecule has 160 valence electrons. The lowest BCUT2D eigenvalue weighted by Gasteiger charge is -2.36. The summed E-state index contributed by atoms with van der Waals surface area (Å²) in [4.78, 5) is 28.3. The Morgan fingerprint density at radius 1 is 0.938 bits per heavy atom. The average molecular weight is 427 g/mol. The van der Waals surface area contributed by atoms with Gasteiger partial charge in [0, 0.05) is 24.0 Å². The highest BCUT2D eigenvalue weighted by Crippen LogP contribution is 2.28. The third-order valence-electron chi connectivity index (χ3n) is 5.90. The fraction of sp³-hybridized carbons (Fsp3) is 0.154. The monoisotopic (exact) mass is 427 g/mol. The average Bonchev–Trinajstić information content (AvgIpc) is 3.20. The van der Waals surface area contributed by atoms with Gasteiger partial charge in [0.2, 0.25) is 5.91 Å². The van der Waals surface area contributed by atoms with Crippen molar-refractivity contribution < 1.29 is 14.0 Å². The van der Waals surface area contributed by atoms with E-state index in [0.717, 1.165) is 22.0 Å². The molecule has 1 N–H and O–H groups in total. The SMILES string of the molecule is O=C(NCc1ccccc1)[C@@H]1Cn2c(cc3ccccc32)C(=O)N1Cc1ccc(F)cc1. The van der Waals surface area contributed by atoms with Crippen LogP contribution in [0.3, 0.4) is 0 Å². The van der Waals surface area contributed by atoms with E-state index >= 15 is 0 Å². The van der Waals surface area contributed by atoms with Gasteiger partial charge in [-0.1, -0.05) is 60.7 Å². The molecular weight excluding hydrogens is 405 g/mol. The van der Waals surface area contributed by atoms with Gasteiger partial charge >= 0.3 is 0 Å². The molecule has 4 aromatic rings. The molecule has 1 aliphatic heterocycles. The quantitative estimate of drug-likeness (QED) is 0.521. The maximum atomic E-state index is 13.5. The summed E-state index contributed by atoms with van der Waals surface area (Å²) in [6, 6.07) is 24.6. The van der Waals surface area contributed by atoms with E-state index in [4.69, 9.17) is 0 Å². The minimum Gasteiger partial charge on any atom is -0.350 e. The lowest BCUT2D eigenvalue weighted by Crippen LogP contribution is -2.54. The van der Waals surface area contributed by atoms with Crippen LogP contribution in [0.4, 0.5) is 4.39 Å². The summed E-state index contributed by atoms with van der Waals surface area (Å²) < 4.78 is 15.3. The minimum absolute atomic E-state index is 0.211. The number of fused-ring (bicyclic) bond motifs is 3. The summed E-state index contributed by atoms with van der Waals surface area (Å²) >= 11 is 0. The van der Waals surface area contributed by atoms with E-state index in [1.807, 2.05) is 65.2 Å². The maximum Gasteiger partial charge on any atom is 0.271 e. The first-order valence-corrected chi connectivity index (χ1v) is 10.6. The van der Waals surface area contributed by atoms with Gasteiger partial charge in [0.25, 0.3) is 5.91 Å². The van der Waals surface area contributed by atoms with Gasteiger partial charge in [0.05, 0.1) is 6.54 Å². The molecule has 2 heterocycles. The summed E-state index contributed by atoms with van der Waals surface area (Å²) in [6.07, 6.45) is 0. The zero-order valence-corrected chi connectivity index (χ0v) is 17.4. The Bertz CT molecular complexity index is 1280. The first kappa shape index (κ1) is 20.0. The molecule has 0 aliphatic carbocycles. The van der Waals surface area contributed by atoms with Crippen molar-refractivity contribution >= 4 is 22.7 Å². The van der Waals surface area contributed by atoms with Crippen molar-refractivity contribution in [3.05, 3.63) is 108 Å². The number of hydrogen-bond donors (Lipinski definition) is 1. The molecule has 5 nitrogen and oxygen atoms in total. The molecule has 0 fully saturated rings. The number of para-hydroxylation sites is 1. The third-order valence-corrected chi connectivity index (χ3v) is 5.90. The second-order valence-corrected chi connectivity index (χ2v) is 7.98. The fourth-order valence-corrected chi connectivity index (χ4v) is 4.24. The zero-order valence-electron chi connectivity index (χ0n) is 17.4. The van der Waals surface area contributed by atoms with Gasteiger partial charge in [-0.3, -0.25) is 9.59 Å². The fourth-order valence-electron chi connectivity index (χ4n) is 4.24. The Hall–Kier alpha value is -3.93. The van der Waals surface area contributed by atoms with E-state index in [0.29, 0.717) is 18.8 Å². The van der Waals surface area contributed by atoms with Crippen LogP contribution in [0.25, 0.3) is 10.9 Å². The van der Waals surface area contributed by atoms with E-state index < -0.39 is 6.04 Å². The summed E-state index contributed by atoms with van der Waals surface area (Å²) in [5.74, 6) is -0.764. The Morgan fingerprint density at radius 2 is 1.66 bits per heavy atom. The van der Waals surface area contributed by atoms with Crippen LogP contribution in [0.15, 0.2) is 84.9 Å². The predicted molar refractivity (Wildman–Crippen MR) is 120 cm³/mol. The van der Waals surface area contributed by atoms with Gasteiger partial charge in [-0.05, 0) is 35.4 Å². The first-order chi connectivity index (χ1) is 15.6. The van der Waals surface area contributed by atoms with Crippen LogP contribution in [-0.4, -0.2) is 27.3 Å². The molecule has 1 atom stereocenters. The van der Waals surface area contributed by atoms with Crippen molar-refractivity contribution in [3.63, 3.8) is 0 Å². The molecule has 5 rings (SSSR count). The molecule has 0 radical (unpaired) electrons. The van der Waals surface area contributed by atoms with Gasteiger partial charge in [-0.15, -0.1) is 0 Å². The minimum atomic E-state index is -0.681. The third kappa shape index (κ3) is 3.75. The predicted octanol–water partition coefficient (Wildman–Crippen LogP) is 4.12. The first-order valence-electron chi connectivity index (χ1n) is 10.6. The molecule has 0 spiro atoms. The van der Waals surface area contributed by atoms with E-state index in [9.17, 15) is 14.0 Å². The summed E-state index contributed by atoms with van der Waals surface area (Å²) in [7, 11) is 0. The van der Waals surface area contributed by atoms with Crippen molar-refractivity contribution in [1.82, 2.24) is 14.8 Å². The highest BCUT2D eigenvalue weighted by Gasteiger charge is 2.37. The smallest absolute Gasteiger partial charge is 0.271 e. The standard InChI is InChI=1S/C26H22FN3O2/c27-21-12-10-19(11-13-21)16-30-24(25(31)28-15-18-6-2-1-3-7-18)17-29-22-9-5-4-8-20(22)14-23(29)26(30)32/h1-14,24H,15-17H2,(H,28,31)/t24-/m0/s1. The van der Waals surface area contributed by atoms with Crippen molar-refractivity contribution in [2.75, 3.05) is 0 Å². The Morgan fingerprint density at radius 3 is 2.44 bits per heavy atom. The molecule has 0 bridgehead atoms. The molecule has 2 amide bonds. The van der Waals surface area contributed by atoms with Gasteiger partial charge in [0.15, 0.2) is 0 Å². The molecule has 32 heavy (non-hydrogen) atoms. The van der Waals surface area contributed by atoms with Crippen LogP contribution < -0.4 is 5.32 Å². The van der Waals surface area contributed by atoms with Crippen LogP contribution >= 0.6 is 0 Å². The van der Waals surface area contributed by atoms with E-state index in [2.05, 4.69) is 5.32 Å². The van der Waals surface area contributed by atoms with Gasteiger partial charge < -0.3 is 14.8 Å². The largest absolute Gasteiger partial charge is 0.350 e. The van der Waals surface area contributed by atoms with Gasteiger partial charge in [-0.2, -0.15) is 0 Å².